The van der Waals surface area contributed by atoms with E-state index in [1.807, 2.05) is 0 Å². The molecule has 0 saturated heterocycles. The molecule has 0 fully saturated rings. The zero-order valence-corrected chi connectivity index (χ0v) is 5.90. The maximum absolute atomic E-state index is 9.01. The monoisotopic (exact) mass is 146 g/mol. The van der Waals surface area contributed by atoms with Crippen LogP contribution in [0.3, 0.4) is 0 Å². The van der Waals surface area contributed by atoms with E-state index in [-0.39, 0.29) is 13.0 Å². The fourth-order valence-corrected chi connectivity index (χ4v) is 0.677. The Hall–Kier alpha value is -0.380. The normalized spacial score (nSPS) is 16.3. The Morgan fingerprint density at radius 2 is 1.90 bits per heavy atom. The van der Waals surface area contributed by atoms with Crippen molar-refractivity contribution in [2.24, 2.45) is 0 Å². The third kappa shape index (κ3) is 4.49. The third-order valence-corrected chi connectivity index (χ3v) is 1.19. The van der Waals surface area contributed by atoms with Crippen molar-refractivity contribution < 1.29 is 15.3 Å². The maximum Gasteiger partial charge on any atom is 0.0795 e. The van der Waals surface area contributed by atoms with Crippen molar-refractivity contribution in [3.8, 4) is 0 Å². The van der Waals surface area contributed by atoms with E-state index in [1.54, 1.807) is 6.08 Å². The molecule has 0 aliphatic rings. The lowest BCUT2D eigenvalue weighted by Gasteiger charge is -2.10. The average Bonchev–Trinajstić information content (AvgIpc) is 1.88. The SMILES string of the molecule is C=CCC(O)CC(O)CO. The minimum Gasteiger partial charge on any atom is -0.394 e. The smallest absolute Gasteiger partial charge is 0.0795 e. The van der Waals surface area contributed by atoms with Crippen LogP contribution in [0.15, 0.2) is 12.7 Å². The molecule has 0 amide bonds. The summed E-state index contributed by atoms with van der Waals surface area (Å²) in [7, 11) is 0. The van der Waals surface area contributed by atoms with Crippen molar-refractivity contribution in [3.05, 3.63) is 12.7 Å². The highest BCUT2D eigenvalue weighted by atomic mass is 16.3. The third-order valence-electron chi connectivity index (χ3n) is 1.19. The predicted octanol–water partition coefficient (Wildman–Crippen LogP) is -0.333. The van der Waals surface area contributed by atoms with Crippen molar-refractivity contribution in [2.75, 3.05) is 6.61 Å². The zero-order chi connectivity index (χ0) is 7.98. The Morgan fingerprint density at radius 1 is 1.30 bits per heavy atom. The molecule has 2 unspecified atom stereocenters. The second-order valence-corrected chi connectivity index (χ2v) is 2.25. The molecule has 0 rings (SSSR count). The van der Waals surface area contributed by atoms with Crippen LogP contribution in [-0.4, -0.2) is 34.1 Å². The number of aliphatic hydroxyl groups excluding tert-OH is 3. The van der Waals surface area contributed by atoms with Crippen LogP contribution in [0.25, 0.3) is 0 Å². The van der Waals surface area contributed by atoms with Gasteiger partial charge in [-0.05, 0) is 6.42 Å². The first-order chi connectivity index (χ1) is 4.70. The van der Waals surface area contributed by atoms with Gasteiger partial charge >= 0.3 is 0 Å². The van der Waals surface area contributed by atoms with Gasteiger partial charge in [0.15, 0.2) is 0 Å². The molecule has 2 atom stereocenters. The van der Waals surface area contributed by atoms with E-state index >= 15 is 0 Å². The minimum absolute atomic E-state index is 0.211. The number of aliphatic hydroxyl groups is 3. The van der Waals surface area contributed by atoms with Gasteiger partial charge in [0.25, 0.3) is 0 Å². The topological polar surface area (TPSA) is 60.7 Å². The molecule has 0 aromatic carbocycles. The Labute approximate surface area is 60.6 Å². The lowest BCUT2D eigenvalue weighted by Crippen LogP contribution is -2.20. The highest BCUT2D eigenvalue weighted by Gasteiger charge is 2.08. The molecule has 10 heavy (non-hydrogen) atoms. The predicted molar refractivity (Wildman–Crippen MR) is 38.5 cm³/mol. The van der Waals surface area contributed by atoms with Crippen LogP contribution in [0.4, 0.5) is 0 Å². The summed E-state index contributed by atoms with van der Waals surface area (Å²) in [6, 6.07) is 0. The Bertz CT molecular complexity index is 92.9. The van der Waals surface area contributed by atoms with Gasteiger partial charge in [0.05, 0.1) is 18.8 Å². The lowest BCUT2D eigenvalue weighted by molar-refractivity contribution is 0.0428. The summed E-state index contributed by atoms with van der Waals surface area (Å²) in [5.74, 6) is 0. The molecule has 3 N–H and O–H groups in total. The largest absolute Gasteiger partial charge is 0.394 e. The molecular weight excluding hydrogens is 132 g/mol. The van der Waals surface area contributed by atoms with Crippen molar-refractivity contribution in [1.82, 2.24) is 0 Å². The summed E-state index contributed by atoms with van der Waals surface area (Å²) >= 11 is 0. The lowest BCUT2D eigenvalue weighted by atomic mass is 10.1. The van der Waals surface area contributed by atoms with Crippen LogP contribution >= 0.6 is 0 Å². The first-order valence-electron chi connectivity index (χ1n) is 3.28. The van der Waals surface area contributed by atoms with Gasteiger partial charge in [-0.1, -0.05) is 6.08 Å². The zero-order valence-electron chi connectivity index (χ0n) is 5.90. The molecule has 0 radical (unpaired) electrons. The molecule has 0 bridgehead atoms. The minimum atomic E-state index is -0.810. The second-order valence-electron chi connectivity index (χ2n) is 2.25. The Morgan fingerprint density at radius 3 is 2.30 bits per heavy atom. The fourth-order valence-electron chi connectivity index (χ4n) is 0.677. The van der Waals surface area contributed by atoms with Gasteiger partial charge in [-0.25, -0.2) is 0 Å². The second kappa shape index (κ2) is 5.41. The first kappa shape index (κ1) is 9.62. The van der Waals surface area contributed by atoms with Crippen LogP contribution in [0, 0.1) is 0 Å². The summed E-state index contributed by atoms with van der Waals surface area (Å²) in [6.45, 7) is 3.13. The highest BCUT2D eigenvalue weighted by molar-refractivity contribution is 4.73. The van der Waals surface area contributed by atoms with E-state index in [0.29, 0.717) is 6.42 Å². The van der Waals surface area contributed by atoms with E-state index < -0.39 is 12.2 Å². The average molecular weight is 146 g/mol. The quantitative estimate of drug-likeness (QED) is 0.465. The summed E-state index contributed by atoms with van der Waals surface area (Å²) in [4.78, 5) is 0. The van der Waals surface area contributed by atoms with E-state index in [1.165, 1.54) is 0 Å². The Kier molecular flexibility index (Phi) is 5.20. The molecule has 0 aromatic heterocycles. The summed E-state index contributed by atoms with van der Waals surface area (Å²) in [5, 5.41) is 26.2. The van der Waals surface area contributed by atoms with Crippen molar-refractivity contribution in [3.63, 3.8) is 0 Å². The van der Waals surface area contributed by atoms with E-state index in [2.05, 4.69) is 6.58 Å². The van der Waals surface area contributed by atoms with Crippen LogP contribution in [0.5, 0.6) is 0 Å². The molecular formula is C7H14O3. The van der Waals surface area contributed by atoms with E-state index in [9.17, 15) is 0 Å². The molecule has 0 aliphatic carbocycles. The molecule has 3 heteroatoms. The summed E-state index contributed by atoms with van der Waals surface area (Å²) in [6.07, 6.45) is 0.850. The summed E-state index contributed by atoms with van der Waals surface area (Å²) in [5.41, 5.74) is 0. The number of hydrogen-bond acceptors (Lipinski definition) is 3. The molecule has 0 heterocycles. The van der Waals surface area contributed by atoms with Crippen molar-refractivity contribution in [2.45, 2.75) is 25.0 Å². The molecule has 0 aromatic rings. The van der Waals surface area contributed by atoms with Crippen LogP contribution < -0.4 is 0 Å². The maximum atomic E-state index is 9.01. The Balaban J connectivity index is 3.35. The molecule has 60 valence electrons. The van der Waals surface area contributed by atoms with Gasteiger partial charge < -0.3 is 15.3 Å². The molecule has 0 saturated carbocycles. The van der Waals surface area contributed by atoms with Gasteiger partial charge in [-0.3, -0.25) is 0 Å². The molecule has 0 aliphatic heterocycles. The van der Waals surface area contributed by atoms with Gasteiger partial charge in [0, 0.05) is 6.42 Å². The number of rotatable bonds is 5. The highest BCUT2D eigenvalue weighted by Crippen LogP contribution is 2.01. The van der Waals surface area contributed by atoms with Crippen molar-refractivity contribution in [1.29, 1.82) is 0 Å². The first-order valence-corrected chi connectivity index (χ1v) is 3.28. The van der Waals surface area contributed by atoms with Crippen molar-refractivity contribution >= 4 is 0 Å². The standard InChI is InChI=1S/C7H14O3/c1-2-3-6(9)4-7(10)5-8/h2,6-10H,1,3-5H2. The van der Waals surface area contributed by atoms with Crippen LogP contribution in [0.1, 0.15) is 12.8 Å². The van der Waals surface area contributed by atoms with Gasteiger partial charge in [0.2, 0.25) is 0 Å². The molecule has 0 spiro atoms. The van der Waals surface area contributed by atoms with Gasteiger partial charge in [-0.2, -0.15) is 0 Å². The van der Waals surface area contributed by atoms with Crippen LogP contribution in [-0.2, 0) is 0 Å². The molecule has 3 nitrogen and oxygen atoms in total. The summed E-state index contributed by atoms with van der Waals surface area (Å²) < 4.78 is 0. The van der Waals surface area contributed by atoms with E-state index in [0.717, 1.165) is 0 Å². The van der Waals surface area contributed by atoms with E-state index in [4.69, 9.17) is 15.3 Å². The van der Waals surface area contributed by atoms with Gasteiger partial charge in [-0.15, -0.1) is 6.58 Å². The van der Waals surface area contributed by atoms with Gasteiger partial charge in [0.1, 0.15) is 0 Å². The fraction of sp³-hybridized carbons (Fsp3) is 0.714. The number of hydrogen-bond donors (Lipinski definition) is 3. The van der Waals surface area contributed by atoms with Crippen LogP contribution in [0.2, 0.25) is 0 Å².